The summed E-state index contributed by atoms with van der Waals surface area (Å²) in [6.07, 6.45) is 4.79. The summed E-state index contributed by atoms with van der Waals surface area (Å²) in [5.41, 5.74) is 1.31. The maximum atomic E-state index is 12.7. The zero-order chi connectivity index (χ0) is 18.6. The molecule has 0 spiro atoms. The Morgan fingerprint density at radius 2 is 1.70 bits per heavy atom. The molecular formula is C21H30N4O2. The first-order chi connectivity index (χ1) is 13.2. The highest BCUT2D eigenvalue weighted by Gasteiger charge is 2.37. The lowest BCUT2D eigenvalue weighted by Gasteiger charge is -2.41. The fourth-order valence-corrected chi connectivity index (χ4v) is 4.57. The average molecular weight is 370 g/mol. The molecule has 4 rings (SSSR count). The highest BCUT2D eigenvalue weighted by Crippen LogP contribution is 2.22. The predicted molar refractivity (Wildman–Crippen MR) is 104 cm³/mol. The first-order valence-electron chi connectivity index (χ1n) is 10.3. The number of hydrogen-bond donors (Lipinski definition) is 2. The van der Waals surface area contributed by atoms with Gasteiger partial charge in [0.05, 0.1) is 12.5 Å². The van der Waals surface area contributed by atoms with Gasteiger partial charge in [0.25, 0.3) is 0 Å². The maximum Gasteiger partial charge on any atom is 0.237 e. The van der Waals surface area contributed by atoms with Gasteiger partial charge in [-0.25, -0.2) is 0 Å². The third-order valence-corrected chi connectivity index (χ3v) is 6.18. The fourth-order valence-electron chi connectivity index (χ4n) is 4.57. The van der Waals surface area contributed by atoms with Gasteiger partial charge in [-0.05, 0) is 18.4 Å². The molecule has 1 aromatic carbocycles. The van der Waals surface area contributed by atoms with E-state index in [4.69, 9.17) is 0 Å². The van der Waals surface area contributed by atoms with Crippen molar-refractivity contribution in [1.82, 2.24) is 20.4 Å². The summed E-state index contributed by atoms with van der Waals surface area (Å²) in [5.74, 6) is 0.0884. The lowest BCUT2D eigenvalue weighted by atomic mass is 9.87. The van der Waals surface area contributed by atoms with Crippen LogP contribution in [0.4, 0.5) is 0 Å². The Labute approximate surface area is 161 Å². The molecule has 0 radical (unpaired) electrons. The van der Waals surface area contributed by atoms with Crippen LogP contribution in [0, 0.1) is 0 Å². The Balaban J connectivity index is 1.25. The third kappa shape index (κ3) is 4.50. The molecule has 0 aromatic heterocycles. The number of fused-ring (bicyclic) bond motifs is 1. The molecule has 6 heteroatoms. The quantitative estimate of drug-likeness (QED) is 0.834. The average Bonchev–Trinajstić information content (AvgIpc) is 2.70. The largest absolute Gasteiger partial charge is 0.350 e. The van der Waals surface area contributed by atoms with Crippen molar-refractivity contribution in [3.05, 3.63) is 35.9 Å². The normalized spacial score (nSPS) is 29.1. The molecule has 2 N–H and O–H groups in total. The van der Waals surface area contributed by atoms with Crippen LogP contribution in [-0.2, 0) is 16.1 Å². The summed E-state index contributed by atoms with van der Waals surface area (Å²) in [5, 5.41) is 6.58. The topological polar surface area (TPSA) is 64.7 Å². The van der Waals surface area contributed by atoms with E-state index < -0.39 is 0 Å². The number of carbonyl (C=O) groups excluding carboxylic acids is 2. The van der Waals surface area contributed by atoms with Crippen molar-refractivity contribution in [2.75, 3.05) is 26.2 Å². The molecule has 2 aliphatic heterocycles. The van der Waals surface area contributed by atoms with Gasteiger partial charge in [0.2, 0.25) is 11.8 Å². The van der Waals surface area contributed by atoms with Crippen molar-refractivity contribution >= 4 is 11.8 Å². The van der Waals surface area contributed by atoms with Crippen LogP contribution in [0.5, 0.6) is 0 Å². The van der Waals surface area contributed by atoms with E-state index in [1.54, 1.807) is 0 Å². The number of nitrogens with zero attached hydrogens (tertiary/aromatic N) is 2. The Bertz CT molecular complexity index is 657. The maximum absolute atomic E-state index is 12.7. The van der Waals surface area contributed by atoms with Crippen LogP contribution >= 0.6 is 0 Å². The van der Waals surface area contributed by atoms with Gasteiger partial charge in [-0.3, -0.25) is 14.5 Å². The van der Waals surface area contributed by atoms with E-state index in [9.17, 15) is 9.59 Å². The monoisotopic (exact) mass is 370 g/mol. The number of hydrogen-bond acceptors (Lipinski definition) is 4. The van der Waals surface area contributed by atoms with Crippen LogP contribution in [0.15, 0.2) is 30.3 Å². The molecule has 3 fully saturated rings. The second-order valence-electron chi connectivity index (χ2n) is 8.07. The van der Waals surface area contributed by atoms with E-state index in [1.807, 2.05) is 11.0 Å². The highest BCUT2D eigenvalue weighted by molar-refractivity contribution is 5.89. The number of benzene rings is 1. The lowest BCUT2D eigenvalue weighted by molar-refractivity contribution is -0.137. The smallest absolute Gasteiger partial charge is 0.237 e. The number of nitrogens with one attached hydrogen (secondary N) is 2. The lowest BCUT2D eigenvalue weighted by Crippen LogP contribution is -2.65. The molecule has 6 nitrogen and oxygen atoms in total. The molecule has 2 saturated heterocycles. The predicted octanol–water partition coefficient (Wildman–Crippen LogP) is 1.12. The summed E-state index contributed by atoms with van der Waals surface area (Å²) in [6.45, 7) is 4.18. The fraction of sp³-hybridized carbons (Fsp3) is 0.619. The van der Waals surface area contributed by atoms with E-state index in [-0.39, 0.29) is 30.3 Å². The molecule has 27 heavy (non-hydrogen) atoms. The summed E-state index contributed by atoms with van der Waals surface area (Å²) >= 11 is 0. The van der Waals surface area contributed by atoms with E-state index in [0.717, 1.165) is 45.6 Å². The second kappa shape index (κ2) is 8.40. The van der Waals surface area contributed by atoms with Gasteiger partial charge in [0.1, 0.15) is 0 Å². The van der Waals surface area contributed by atoms with E-state index in [2.05, 4.69) is 39.8 Å². The van der Waals surface area contributed by atoms with Crippen LogP contribution in [0.3, 0.4) is 0 Å². The molecule has 2 heterocycles. The summed E-state index contributed by atoms with van der Waals surface area (Å²) in [6, 6.07) is 10.6. The van der Waals surface area contributed by atoms with Gasteiger partial charge < -0.3 is 15.5 Å². The van der Waals surface area contributed by atoms with Crippen molar-refractivity contribution in [2.45, 2.75) is 56.8 Å². The van der Waals surface area contributed by atoms with E-state index in [1.165, 1.54) is 18.4 Å². The molecule has 1 aliphatic carbocycles. The molecule has 2 amide bonds. The Morgan fingerprint density at radius 1 is 1.00 bits per heavy atom. The van der Waals surface area contributed by atoms with Crippen LogP contribution < -0.4 is 10.6 Å². The number of carbonyl (C=O) groups is 2. The zero-order valence-corrected chi connectivity index (χ0v) is 15.9. The van der Waals surface area contributed by atoms with E-state index >= 15 is 0 Å². The van der Waals surface area contributed by atoms with Crippen molar-refractivity contribution < 1.29 is 9.59 Å². The molecule has 0 bridgehead atoms. The SMILES string of the molecule is O=C1N[C@@H]2CCCC[C@@H]2N[C@@H]1CC(=O)N1CCN(Cc2ccccc2)CC1. The summed E-state index contributed by atoms with van der Waals surface area (Å²) in [7, 11) is 0. The van der Waals surface area contributed by atoms with Gasteiger partial charge in [0, 0.05) is 44.8 Å². The standard InChI is InChI=1S/C21H30N4O2/c26-20(14-19-21(27)23-18-9-5-4-8-17(18)22-19)25-12-10-24(11-13-25)15-16-6-2-1-3-7-16/h1-3,6-7,17-19,22H,4-5,8-15H2,(H,23,27)/t17-,18+,19+/m0/s1. The molecule has 146 valence electrons. The summed E-state index contributed by atoms with van der Waals surface area (Å²) < 4.78 is 0. The first kappa shape index (κ1) is 18.4. The first-order valence-corrected chi connectivity index (χ1v) is 10.3. The van der Waals surface area contributed by atoms with Gasteiger partial charge in [-0.15, -0.1) is 0 Å². The Hall–Kier alpha value is -1.92. The minimum Gasteiger partial charge on any atom is -0.350 e. The Kier molecular flexibility index (Phi) is 5.74. The van der Waals surface area contributed by atoms with Crippen LogP contribution in [0.2, 0.25) is 0 Å². The van der Waals surface area contributed by atoms with Crippen LogP contribution in [0.1, 0.15) is 37.7 Å². The molecule has 1 aromatic rings. The molecule has 3 aliphatic rings. The molecule has 1 saturated carbocycles. The van der Waals surface area contributed by atoms with Crippen molar-refractivity contribution in [3.63, 3.8) is 0 Å². The van der Waals surface area contributed by atoms with Gasteiger partial charge in [-0.2, -0.15) is 0 Å². The number of amides is 2. The minimum atomic E-state index is -0.376. The van der Waals surface area contributed by atoms with Crippen molar-refractivity contribution in [1.29, 1.82) is 0 Å². The van der Waals surface area contributed by atoms with Crippen LogP contribution in [0.25, 0.3) is 0 Å². The van der Waals surface area contributed by atoms with Gasteiger partial charge in [0.15, 0.2) is 0 Å². The highest BCUT2D eigenvalue weighted by atomic mass is 16.2. The second-order valence-corrected chi connectivity index (χ2v) is 8.07. The third-order valence-electron chi connectivity index (χ3n) is 6.18. The van der Waals surface area contributed by atoms with Crippen molar-refractivity contribution in [2.24, 2.45) is 0 Å². The van der Waals surface area contributed by atoms with Gasteiger partial charge in [-0.1, -0.05) is 43.2 Å². The molecule has 3 atom stereocenters. The number of piperazine rings is 2. The molecular weight excluding hydrogens is 340 g/mol. The molecule has 0 unspecified atom stereocenters. The zero-order valence-electron chi connectivity index (χ0n) is 15.9. The Morgan fingerprint density at radius 3 is 2.44 bits per heavy atom. The number of rotatable bonds is 4. The van der Waals surface area contributed by atoms with Gasteiger partial charge >= 0.3 is 0 Å². The minimum absolute atomic E-state index is 0.00536. The van der Waals surface area contributed by atoms with Crippen molar-refractivity contribution in [3.8, 4) is 0 Å². The van der Waals surface area contributed by atoms with Crippen LogP contribution in [-0.4, -0.2) is 65.9 Å². The van der Waals surface area contributed by atoms with E-state index in [0.29, 0.717) is 6.04 Å². The summed E-state index contributed by atoms with van der Waals surface area (Å²) in [4.78, 5) is 29.4.